The van der Waals surface area contributed by atoms with Crippen molar-refractivity contribution in [3.8, 4) is 0 Å². The molecule has 0 heterocycles. The molecule has 0 saturated carbocycles. The van der Waals surface area contributed by atoms with E-state index < -0.39 is 0 Å². The van der Waals surface area contributed by atoms with E-state index in [4.69, 9.17) is 0 Å². The Bertz CT molecular complexity index is 503. The van der Waals surface area contributed by atoms with Gasteiger partial charge in [-0.1, -0.05) is 25.3 Å². The fourth-order valence-electron chi connectivity index (χ4n) is 2.89. The standard InChI is InChI=1S/C13H13.C4H6.3C2H6N.Ti/c1-3-7-12-10(5-1)9-11-6-2-4-8-13(11)12;1-3-4-2;3*1-3-2;/h1,3-5,7-9,11,13H,2,6H2;3-4H,1-2H2;3*1-2H3;/q;;3*-1;+3. The molecule has 0 amide bonds. The van der Waals surface area contributed by atoms with E-state index in [0.717, 1.165) is 16.1 Å². The van der Waals surface area contributed by atoms with Gasteiger partial charge in [0.05, 0.1) is 0 Å². The summed E-state index contributed by atoms with van der Waals surface area (Å²) in [6.45, 7) is 6.72. The van der Waals surface area contributed by atoms with Crippen molar-refractivity contribution in [2.24, 2.45) is 5.92 Å². The van der Waals surface area contributed by atoms with Gasteiger partial charge in [-0.3, -0.25) is 0 Å². The summed E-state index contributed by atoms with van der Waals surface area (Å²) in [5.74, 6) is 1.59. The molecular formula is C23H37N3Ti. The third-order valence-corrected chi connectivity index (χ3v) is 4.91. The number of benzene rings is 1. The van der Waals surface area contributed by atoms with Gasteiger partial charge in [-0.2, -0.15) is 42.3 Å². The monoisotopic (exact) mass is 403 g/mol. The maximum absolute atomic E-state index is 3.50. The van der Waals surface area contributed by atoms with E-state index in [-0.39, 0.29) is 0 Å². The molecule has 0 N–H and O–H groups in total. The molecule has 0 fully saturated rings. The van der Waals surface area contributed by atoms with Gasteiger partial charge in [-0.05, 0) is 0 Å². The number of hydrogen-bond donors (Lipinski definition) is 0. The first-order chi connectivity index (χ1) is 13.0. The molecular weight excluding hydrogens is 366 g/mol. The molecule has 0 bridgehead atoms. The molecule has 27 heavy (non-hydrogen) atoms. The summed E-state index contributed by atoms with van der Waals surface area (Å²) in [5, 5.41) is 10.5. The van der Waals surface area contributed by atoms with E-state index in [1.54, 1.807) is 65.6 Å². The van der Waals surface area contributed by atoms with Crippen molar-refractivity contribution in [3.05, 3.63) is 88.8 Å². The second kappa shape index (κ2) is 19.8. The number of allylic oxidation sites excluding steroid dienone is 4. The van der Waals surface area contributed by atoms with Crippen molar-refractivity contribution in [1.29, 1.82) is 0 Å². The summed E-state index contributed by atoms with van der Waals surface area (Å²) < 4.78 is 0.765. The van der Waals surface area contributed by atoms with Gasteiger partial charge in [-0.15, -0.1) is 0 Å². The van der Waals surface area contributed by atoms with Crippen molar-refractivity contribution < 1.29 is 20.4 Å². The second-order valence-electron chi connectivity index (χ2n) is 6.11. The molecule has 2 aliphatic rings. The Hall–Kier alpha value is -0.966. The van der Waals surface area contributed by atoms with Gasteiger partial charge in [0.2, 0.25) is 0 Å². The van der Waals surface area contributed by atoms with Crippen LogP contribution in [0.5, 0.6) is 0 Å². The average Bonchev–Trinajstić information content (AvgIpc) is 2.97. The van der Waals surface area contributed by atoms with E-state index in [9.17, 15) is 0 Å². The zero-order valence-corrected chi connectivity index (χ0v) is 19.6. The van der Waals surface area contributed by atoms with Crippen LogP contribution in [0.2, 0.25) is 0 Å². The molecule has 1 aromatic carbocycles. The van der Waals surface area contributed by atoms with Gasteiger partial charge in [0, 0.05) is 0 Å². The molecule has 1 aromatic rings. The zero-order chi connectivity index (χ0) is 21.1. The van der Waals surface area contributed by atoms with Crippen molar-refractivity contribution in [3.63, 3.8) is 0 Å². The molecule has 0 aromatic heterocycles. The third kappa shape index (κ3) is 11.5. The van der Waals surface area contributed by atoms with Crippen LogP contribution in [-0.2, 0) is 20.4 Å². The van der Waals surface area contributed by atoms with Crippen molar-refractivity contribution in [1.82, 2.24) is 0 Å². The van der Waals surface area contributed by atoms with Gasteiger partial charge < -0.3 is 16.0 Å². The zero-order valence-electron chi connectivity index (χ0n) is 18.0. The van der Waals surface area contributed by atoms with Gasteiger partial charge in [-0.25, -0.2) is 0 Å². The molecule has 4 heteroatoms. The Balaban J connectivity index is 0. The summed E-state index contributed by atoms with van der Waals surface area (Å²) in [7, 11) is 10.5. The van der Waals surface area contributed by atoms with Crippen LogP contribution in [0.4, 0.5) is 0 Å². The van der Waals surface area contributed by atoms with E-state index in [1.807, 2.05) is 0 Å². The minimum atomic E-state index is 0.718. The number of hydrogen-bond acceptors (Lipinski definition) is 0. The predicted octanol–water partition coefficient (Wildman–Crippen LogP) is 6.56. The summed E-state index contributed by atoms with van der Waals surface area (Å²) >= 11 is 2.39. The fraction of sp³-hybridized carbons (Fsp3) is 0.478. The van der Waals surface area contributed by atoms with Gasteiger partial charge in [0.15, 0.2) is 0 Å². The first kappa shape index (κ1) is 28.2. The summed E-state index contributed by atoms with van der Waals surface area (Å²) in [5.41, 5.74) is 3.18. The maximum atomic E-state index is 3.50. The number of nitrogens with zero attached hydrogens (tertiary/aromatic N) is 3. The van der Waals surface area contributed by atoms with Gasteiger partial charge >= 0.3 is 96.9 Å². The average molecular weight is 403 g/mol. The second-order valence-corrected chi connectivity index (χ2v) is 7.09. The number of rotatable bonds is 1. The van der Waals surface area contributed by atoms with Crippen LogP contribution < -0.4 is 0 Å². The Morgan fingerprint density at radius 3 is 1.78 bits per heavy atom. The van der Waals surface area contributed by atoms with Crippen LogP contribution >= 0.6 is 0 Å². The summed E-state index contributed by atoms with van der Waals surface area (Å²) in [4.78, 5) is 0. The first-order valence-corrected chi connectivity index (χ1v) is 10.1. The van der Waals surface area contributed by atoms with E-state index in [1.165, 1.54) is 12.8 Å². The third-order valence-electron chi connectivity index (χ3n) is 3.76. The molecule has 3 nitrogen and oxygen atoms in total. The molecule has 3 rings (SSSR count). The molecule has 3 unspecified atom stereocenters. The Morgan fingerprint density at radius 1 is 0.889 bits per heavy atom. The number of fused-ring (bicyclic) bond motifs is 3. The van der Waals surface area contributed by atoms with Crippen LogP contribution in [0, 0.1) is 5.92 Å². The molecule has 0 radical (unpaired) electrons. The quantitative estimate of drug-likeness (QED) is 0.290. The Morgan fingerprint density at radius 2 is 1.33 bits per heavy atom. The molecule has 0 aliphatic heterocycles. The minimum absolute atomic E-state index is 0.718. The molecule has 2 aliphatic carbocycles. The SMILES string of the molecule is C=CC=C.C[N-]C.C[N-]C.C[N-]C.[Ti+3][CH]1c2ccccc2C2C=CCCC12. The fourth-order valence-corrected chi connectivity index (χ4v) is 3.88. The normalized spacial score (nSPS) is 20.4. The predicted molar refractivity (Wildman–Crippen MR) is 120 cm³/mol. The summed E-state index contributed by atoms with van der Waals surface area (Å²) in [6.07, 6.45) is 10.7. The van der Waals surface area contributed by atoms with Crippen LogP contribution in [0.3, 0.4) is 0 Å². The van der Waals surface area contributed by atoms with Crippen molar-refractivity contribution in [2.45, 2.75) is 23.0 Å². The van der Waals surface area contributed by atoms with Crippen LogP contribution in [-0.4, -0.2) is 42.3 Å². The van der Waals surface area contributed by atoms with Crippen LogP contribution in [0.1, 0.15) is 34.1 Å². The van der Waals surface area contributed by atoms with Crippen LogP contribution in [0.25, 0.3) is 16.0 Å². The van der Waals surface area contributed by atoms with Gasteiger partial charge in [0.25, 0.3) is 0 Å². The molecule has 148 valence electrons. The molecule has 3 atom stereocenters. The van der Waals surface area contributed by atoms with Gasteiger partial charge in [0.1, 0.15) is 0 Å². The topological polar surface area (TPSA) is 42.3 Å². The van der Waals surface area contributed by atoms with Crippen LogP contribution in [0.15, 0.2) is 61.7 Å². The van der Waals surface area contributed by atoms with Crippen molar-refractivity contribution >= 4 is 0 Å². The summed E-state index contributed by atoms with van der Waals surface area (Å²) in [6, 6.07) is 8.98. The Labute approximate surface area is 180 Å². The van der Waals surface area contributed by atoms with E-state index in [0.29, 0.717) is 0 Å². The first-order valence-electron chi connectivity index (χ1n) is 9.18. The molecule has 0 saturated heterocycles. The van der Waals surface area contributed by atoms with E-state index >= 15 is 0 Å². The van der Waals surface area contributed by atoms with Crippen molar-refractivity contribution in [2.75, 3.05) is 42.3 Å². The Kier molecular flexibility index (Phi) is 20.7. The molecule has 0 spiro atoms. The van der Waals surface area contributed by atoms with E-state index in [2.05, 4.69) is 86.0 Å².